The van der Waals surface area contributed by atoms with E-state index in [1.807, 2.05) is 12.1 Å². The molecule has 8 aromatic rings. The molecular formula is C32H20N2O. The number of benzene rings is 6. The van der Waals surface area contributed by atoms with Crippen LogP contribution in [0.4, 0.5) is 17.1 Å². The number of para-hydroxylation sites is 3. The standard InChI is InChI=1S/C32H20N2O/c1-3-9-21(10-4-1)34(22-11-5-2-6-12-22)23-17-20-15-16-25-31-28(33-27(18-23)30(20)31)19-26-24-13-7-8-14-29(24)35-32(25)26/h1-19,33H. The van der Waals surface area contributed by atoms with Gasteiger partial charge in [-0.15, -0.1) is 0 Å². The number of aromatic amines is 1. The summed E-state index contributed by atoms with van der Waals surface area (Å²) in [5.41, 5.74) is 7.55. The number of anilines is 3. The van der Waals surface area contributed by atoms with Gasteiger partial charge in [-0.2, -0.15) is 0 Å². The van der Waals surface area contributed by atoms with Crippen molar-refractivity contribution in [3.8, 4) is 0 Å². The van der Waals surface area contributed by atoms with Crippen LogP contribution in [0.25, 0.3) is 54.5 Å². The van der Waals surface area contributed by atoms with E-state index in [0.717, 1.165) is 55.4 Å². The van der Waals surface area contributed by atoms with Gasteiger partial charge in [0.1, 0.15) is 11.2 Å². The number of nitrogens with one attached hydrogen (secondary N) is 1. The van der Waals surface area contributed by atoms with Crippen molar-refractivity contribution in [2.75, 3.05) is 4.90 Å². The number of nitrogens with zero attached hydrogens (tertiary/aromatic N) is 1. The van der Waals surface area contributed by atoms with E-state index in [2.05, 4.69) is 113 Å². The second-order valence-electron chi connectivity index (χ2n) is 9.11. The number of rotatable bonds is 3. The Balaban J connectivity index is 1.43. The van der Waals surface area contributed by atoms with Gasteiger partial charge in [0.05, 0.1) is 0 Å². The molecule has 2 aromatic heterocycles. The lowest BCUT2D eigenvalue weighted by Gasteiger charge is -2.25. The highest BCUT2D eigenvalue weighted by Crippen LogP contribution is 2.44. The first kappa shape index (κ1) is 18.6. The van der Waals surface area contributed by atoms with E-state index < -0.39 is 0 Å². The highest BCUT2D eigenvalue weighted by atomic mass is 16.3. The summed E-state index contributed by atoms with van der Waals surface area (Å²) in [4.78, 5) is 6.05. The molecule has 0 aliphatic rings. The largest absolute Gasteiger partial charge is 0.455 e. The molecule has 3 nitrogen and oxygen atoms in total. The van der Waals surface area contributed by atoms with Crippen molar-refractivity contribution in [1.82, 2.24) is 4.98 Å². The van der Waals surface area contributed by atoms with E-state index in [-0.39, 0.29) is 0 Å². The van der Waals surface area contributed by atoms with Gasteiger partial charge in [0.2, 0.25) is 0 Å². The van der Waals surface area contributed by atoms with Gasteiger partial charge in [0, 0.05) is 55.0 Å². The van der Waals surface area contributed by atoms with Crippen molar-refractivity contribution in [3.05, 3.63) is 115 Å². The first-order chi connectivity index (χ1) is 17.3. The predicted molar refractivity (Wildman–Crippen MR) is 146 cm³/mol. The van der Waals surface area contributed by atoms with Crippen LogP contribution in [0.15, 0.2) is 120 Å². The first-order valence-electron chi connectivity index (χ1n) is 11.9. The number of hydrogen-bond acceptors (Lipinski definition) is 2. The maximum absolute atomic E-state index is 6.33. The van der Waals surface area contributed by atoms with E-state index in [1.165, 1.54) is 16.2 Å². The lowest BCUT2D eigenvalue weighted by Crippen LogP contribution is -2.09. The van der Waals surface area contributed by atoms with Crippen LogP contribution < -0.4 is 4.90 Å². The van der Waals surface area contributed by atoms with Gasteiger partial charge in [-0.05, 0) is 60.0 Å². The molecule has 0 saturated heterocycles. The minimum atomic E-state index is 0.929. The SMILES string of the molecule is c1ccc(N(c2ccccc2)c2cc3ccc4c5oc6ccccc6c5cc5[nH]c(c2)c3c54)cc1. The third-order valence-electron chi connectivity index (χ3n) is 7.10. The molecule has 3 heteroatoms. The molecule has 164 valence electrons. The fourth-order valence-electron chi connectivity index (χ4n) is 5.62. The zero-order chi connectivity index (χ0) is 22.9. The van der Waals surface area contributed by atoms with Crippen LogP contribution in [0, 0.1) is 0 Å². The lowest BCUT2D eigenvalue weighted by molar-refractivity contribution is 0.673. The van der Waals surface area contributed by atoms with Crippen LogP contribution in [-0.4, -0.2) is 4.98 Å². The Hall–Kier alpha value is -4.76. The quantitative estimate of drug-likeness (QED) is 0.273. The molecular weight excluding hydrogens is 428 g/mol. The van der Waals surface area contributed by atoms with Crippen molar-refractivity contribution >= 4 is 71.6 Å². The molecule has 0 aliphatic heterocycles. The van der Waals surface area contributed by atoms with Gasteiger partial charge in [-0.1, -0.05) is 60.7 Å². The van der Waals surface area contributed by atoms with Crippen LogP contribution in [0.2, 0.25) is 0 Å². The molecule has 0 aliphatic carbocycles. The number of H-pyrrole nitrogens is 1. The van der Waals surface area contributed by atoms with Gasteiger partial charge in [0.15, 0.2) is 0 Å². The molecule has 1 N–H and O–H groups in total. The summed E-state index contributed by atoms with van der Waals surface area (Å²) in [5, 5.41) is 7.16. The molecule has 0 radical (unpaired) electrons. The molecule has 0 amide bonds. The van der Waals surface area contributed by atoms with Crippen molar-refractivity contribution in [1.29, 1.82) is 0 Å². The minimum Gasteiger partial charge on any atom is -0.455 e. The normalized spacial score (nSPS) is 12.0. The summed E-state index contributed by atoms with van der Waals surface area (Å²) >= 11 is 0. The number of furan rings is 1. The minimum absolute atomic E-state index is 0.929. The average Bonchev–Trinajstić information content (AvgIpc) is 3.47. The van der Waals surface area contributed by atoms with Crippen molar-refractivity contribution in [2.45, 2.75) is 0 Å². The summed E-state index contributed by atoms with van der Waals surface area (Å²) < 4.78 is 6.33. The molecule has 0 saturated carbocycles. The third-order valence-corrected chi connectivity index (χ3v) is 7.10. The molecule has 0 spiro atoms. The summed E-state index contributed by atoms with van der Waals surface area (Å²) in [5.74, 6) is 0. The first-order valence-corrected chi connectivity index (χ1v) is 11.9. The summed E-state index contributed by atoms with van der Waals surface area (Å²) in [6, 6.07) is 40.6. The van der Waals surface area contributed by atoms with E-state index >= 15 is 0 Å². The van der Waals surface area contributed by atoms with E-state index in [9.17, 15) is 0 Å². The van der Waals surface area contributed by atoms with Crippen molar-refractivity contribution < 1.29 is 4.42 Å². The molecule has 0 fully saturated rings. The highest BCUT2D eigenvalue weighted by molar-refractivity contribution is 6.30. The smallest absolute Gasteiger partial charge is 0.143 e. The average molecular weight is 449 g/mol. The van der Waals surface area contributed by atoms with E-state index in [1.54, 1.807) is 0 Å². The third kappa shape index (κ3) is 2.61. The second kappa shape index (κ2) is 6.87. The maximum Gasteiger partial charge on any atom is 0.143 e. The molecule has 2 heterocycles. The monoisotopic (exact) mass is 448 g/mol. The van der Waals surface area contributed by atoms with Gasteiger partial charge in [-0.25, -0.2) is 0 Å². The number of hydrogen-bond donors (Lipinski definition) is 1. The van der Waals surface area contributed by atoms with Crippen LogP contribution in [0.1, 0.15) is 0 Å². The summed E-state index contributed by atoms with van der Waals surface area (Å²) in [6.45, 7) is 0. The Labute approximate surface area is 201 Å². The molecule has 8 rings (SSSR count). The zero-order valence-corrected chi connectivity index (χ0v) is 18.8. The van der Waals surface area contributed by atoms with Gasteiger partial charge in [0.25, 0.3) is 0 Å². The van der Waals surface area contributed by atoms with E-state index in [0.29, 0.717) is 0 Å². The van der Waals surface area contributed by atoms with E-state index in [4.69, 9.17) is 4.42 Å². The fraction of sp³-hybridized carbons (Fsp3) is 0. The molecule has 0 atom stereocenters. The Morgan fingerprint density at radius 2 is 1.20 bits per heavy atom. The Morgan fingerprint density at radius 3 is 1.97 bits per heavy atom. The molecule has 6 aromatic carbocycles. The topological polar surface area (TPSA) is 32.2 Å². The van der Waals surface area contributed by atoms with Crippen LogP contribution >= 0.6 is 0 Å². The zero-order valence-electron chi connectivity index (χ0n) is 18.8. The van der Waals surface area contributed by atoms with Crippen molar-refractivity contribution in [2.24, 2.45) is 0 Å². The lowest BCUT2D eigenvalue weighted by atomic mass is 9.99. The molecule has 0 unspecified atom stereocenters. The Morgan fingerprint density at radius 1 is 0.514 bits per heavy atom. The maximum atomic E-state index is 6.33. The summed E-state index contributed by atoms with van der Waals surface area (Å²) in [7, 11) is 0. The van der Waals surface area contributed by atoms with Gasteiger partial charge < -0.3 is 14.3 Å². The fourth-order valence-corrected chi connectivity index (χ4v) is 5.62. The Bertz CT molecular complexity index is 1960. The van der Waals surface area contributed by atoms with Crippen LogP contribution in [0.3, 0.4) is 0 Å². The summed E-state index contributed by atoms with van der Waals surface area (Å²) in [6.07, 6.45) is 0. The van der Waals surface area contributed by atoms with Gasteiger partial charge >= 0.3 is 0 Å². The second-order valence-corrected chi connectivity index (χ2v) is 9.11. The Kier molecular flexibility index (Phi) is 3.66. The van der Waals surface area contributed by atoms with Crippen LogP contribution in [0.5, 0.6) is 0 Å². The molecule has 0 bridgehead atoms. The molecule has 35 heavy (non-hydrogen) atoms. The van der Waals surface area contributed by atoms with Gasteiger partial charge in [-0.3, -0.25) is 0 Å². The highest BCUT2D eigenvalue weighted by Gasteiger charge is 2.20. The van der Waals surface area contributed by atoms with Crippen molar-refractivity contribution in [3.63, 3.8) is 0 Å². The number of fused-ring (bicyclic) bond motifs is 4. The predicted octanol–water partition coefficient (Wildman–Crippen LogP) is 9.28. The number of aromatic nitrogens is 1. The van der Waals surface area contributed by atoms with Crippen LogP contribution in [-0.2, 0) is 0 Å².